The molecule has 1 heterocycles. The van der Waals surface area contributed by atoms with Gasteiger partial charge in [0.1, 0.15) is 11.8 Å². The van der Waals surface area contributed by atoms with E-state index in [1.54, 1.807) is 7.11 Å². The Balaban J connectivity index is 1.94. The van der Waals surface area contributed by atoms with Gasteiger partial charge in [-0.1, -0.05) is 6.07 Å². The normalized spacial score (nSPS) is 15.5. The first-order valence-corrected chi connectivity index (χ1v) is 6.81. The van der Waals surface area contributed by atoms with Crippen LogP contribution in [0, 0.1) is 11.3 Å². The van der Waals surface area contributed by atoms with Gasteiger partial charge in [0.25, 0.3) is 0 Å². The third-order valence-corrected chi connectivity index (χ3v) is 3.40. The summed E-state index contributed by atoms with van der Waals surface area (Å²) >= 11 is 0. The van der Waals surface area contributed by atoms with Gasteiger partial charge in [0, 0.05) is 24.8 Å². The van der Waals surface area contributed by atoms with Gasteiger partial charge >= 0.3 is 0 Å². The number of likely N-dealkylation sites (tertiary alicyclic amines) is 1. The van der Waals surface area contributed by atoms with E-state index in [9.17, 15) is 10.1 Å². The molecule has 1 aliphatic rings. The minimum atomic E-state index is -0.518. The largest absolute Gasteiger partial charge is 0.497 e. The minimum absolute atomic E-state index is 0.0458. The van der Waals surface area contributed by atoms with Crippen molar-refractivity contribution in [1.29, 1.82) is 5.26 Å². The molecule has 20 heavy (non-hydrogen) atoms. The third-order valence-electron chi connectivity index (χ3n) is 3.40. The number of nitrogens with zero attached hydrogens (tertiary/aromatic N) is 2. The topological polar surface area (TPSA) is 65.4 Å². The van der Waals surface area contributed by atoms with Crippen LogP contribution >= 0.6 is 0 Å². The maximum atomic E-state index is 12.0. The Morgan fingerprint density at radius 1 is 1.50 bits per heavy atom. The lowest BCUT2D eigenvalue weighted by Crippen LogP contribution is -2.32. The van der Waals surface area contributed by atoms with Gasteiger partial charge in [-0.25, -0.2) is 0 Å². The van der Waals surface area contributed by atoms with Crippen molar-refractivity contribution in [3.63, 3.8) is 0 Å². The Hall–Kier alpha value is -2.22. The SMILES string of the molecule is COc1cccc(NC(C#N)CC(=O)N2CCCC2)c1. The highest BCUT2D eigenvalue weighted by atomic mass is 16.5. The maximum Gasteiger partial charge on any atom is 0.225 e. The maximum absolute atomic E-state index is 12.0. The van der Waals surface area contributed by atoms with Gasteiger partial charge < -0.3 is 15.0 Å². The molecule has 1 fully saturated rings. The molecule has 1 amide bonds. The summed E-state index contributed by atoms with van der Waals surface area (Å²) in [5.74, 6) is 0.766. The van der Waals surface area contributed by atoms with E-state index < -0.39 is 6.04 Å². The number of hydrogen-bond acceptors (Lipinski definition) is 4. The Bertz CT molecular complexity index is 504. The molecule has 106 valence electrons. The summed E-state index contributed by atoms with van der Waals surface area (Å²) in [7, 11) is 1.60. The van der Waals surface area contributed by atoms with Gasteiger partial charge in [0.05, 0.1) is 19.6 Å². The fraction of sp³-hybridized carbons (Fsp3) is 0.467. The van der Waals surface area contributed by atoms with Crippen molar-refractivity contribution in [3.05, 3.63) is 24.3 Å². The molecule has 5 nitrogen and oxygen atoms in total. The number of hydrogen-bond donors (Lipinski definition) is 1. The fourth-order valence-corrected chi connectivity index (χ4v) is 2.31. The quantitative estimate of drug-likeness (QED) is 0.891. The average molecular weight is 273 g/mol. The first kappa shape index (κ1) is 14.2. The van der Waals surface area contributed by atoms with Crippen LogP contribution in [0.5, 0.6) is 5.75 Å². The molecule has 1 unspecified atom stereocenters. The van der Waals surface area contributed by atoms with Crippen LogP contribution in [0.3, 0.4) is 0 Å². The molecule has 0 aromatic heterocycles. The number of anilines is 1. The summed E-state index contributed by atoms with van der Waals surface area (Å²) in [5, 5.41) is 12.3. The van der Waals surface area contributed by atoms with E-state index in [0.717, 1.165) is 37.4 Å². The van der Waals surface area contributed by atoms with Crippen molar-refractivity contribution in [2.75, 3.05) is 25.5 Å². The molecule has 0 aliphatic carbocycles. The van der Waals surface area contributed by atoms with Crippen molar-refractivity contribution in [3.8, 4) is 11.8 Å². The molecule has 1 aliphatic heterocycles. The van der Waals surface area contributed by atoms with E-state index in [1.165, 1.54) is 0 Å². The zero-order valence-corrected chi connectivity index (χ0v) is 11.6. The number of rotatable bonds is 5. The molecule has 0 radical (unpaired) electrons. The van der Waals surface area contributed by atoms with Crippen LogP contribution in [-0.2, 0) is 4.79 Å². The number of methoxy groups -OCH3 is 1. The number of nitrogens with one attached hydrogen (secondary N) is 1. The molecule has 2 rings (SSSR count). The van der Waals surface area contributed by atoms with E-state index in [-0.39, 0.29) is 12.3 Å². The van der Waals surface area contributed by atoms with E-state index >= 15 is 0 Å². The van der Waals surface area contributed by atoms with Crippen molar-refractivity contribution in [1.82, 2.24) is 4.90 Å². The molecular formula is C15H19N3O2. The first-order valence-electron chi connectivity index (χ1n) is 6.81. The molecule has 0 bridgehead atoms. The number of amides is 1. The summed E-state index contributed by atoms with van der Waals surface area (Å²) in [6.07, 6.45) is 2.33. The second-order valence-corrected chi connectivity index (χ2v) is 4.85. The van der Waals surface area contributed by atoms with Gasteiger partial charge in [0.15, 0.2) is 0 Å². The van der Waals surface area contributed by atoms with Crippen LogP contribution in [0.15, 0.2) is 24.3 Å². The van der Waals surface area contributed by atoms with Crippen LogP contribution in [-0.4, -0.2) is 37.0 Å². The fourth-order valence-electron chi connectivity index (χ4n) is 2.31. The van der Waals surface area contributed by atoms with Gasteiger partial charge in [-0.05, 0) is 25.0 Å². The standard InChI is InChI=1S/C15H19N3O2/c1-20-14-6-4-5-12(9-14)17-13(11-16)10-15(19)18-7-2-3-8-18/h4-6,9,13,17H,2-3,7-8,10H2,1H3. The number of ether oxygens (including phenoxy) is 1. The molecule has 1 aromatic carbocycles. The smallest absolute Gasteiger partial charge is 0.225 e. The second-order valence-electron chi connectivity index (χ2n) is 4.85. The summed E-state index contributed by atoms with van der Waals surface area (Å²) in [6.45, 7) is 1.63. The van der Waals surface area contributed by atoms with E-state index in [0.29, 0.717) is 0 Å². The van der Waals surface area contributed by atoms with Crippen LogP contribution < -0.4 is 10.1 Å². The van der Waals surface area contributed by atoms with Crippen molar-refractivity contribution in [2.45, 2.75) is 25.3 Å². The van der Waals surface area contributed by atoms with Crippen molar-refractivity contribution < 1.29 is 9.53 Å². The van der Waals surface area contributed by atoms with Crippen LogP contribution in [0.4, 0.5) is 5.69 Å². The zero-order valence-electron chi connectivity index (χ0n) is 11.6. The molecule has 5 heteroatoms. The van der Waals surface area contributed by atoms with Gasteiger partial charge in [-0.15, -0.1) is 0 Å². The zero-order chi connectivity index (χ0) is 14.4. The molecule has 0 saturated carbocycles. The summed E-state index contributed by atoms with van der Waals surface area (Å²) < 4.78 is 5.13. The van der Waals surface area contributed by atoms with Crippen molar-refractivity contribution >= 4 is 11.6 Å². The van der Waals surface area contributed by atoms with Gasteiger partial charge in [0.2, 0.25) is 5.91 Å². The molecule has 1 saturated heterocycles. The van der Waals surface area contributed by atoms with Gasteiger partial charge in [-0.3, -0.25) is 4.79 Å². The number of nitriles is 1. The van der Waals surface area contributed by atoms with E-state index in [2.05, 4.69) is 11.4 Å². The average Bonchev–Trinajstić information content (AvgIpc) is 3.01. The predicted octanol–water partition coefficient (Wildman–Crippen LogP) is 2.01. The Morgan fingerprint density at radius 2 is 2.25 bits per heavy atom. The molecule has 1 atom stereocenters. The lowest BCUT2D eigenvalue weighted by atomic mass is 10.2. The summed E-state index contributed by atoms with van der Waals surface area (Å²) in [4.78, 5) is 13.9. The second kappa shape index (κ2) is 6.80. The van der Waals surface area contributed by atoms with Gasteiger partial charge in [-0.2, -0.15) is 5.26 Å². The van der Waals surface area contributed by atoms with E-state index in [1.807, 2.05) is 29.2 Å². The number of benzene rings is 1. The van der Waals surface area contributed by atoms with Crippen LogP contribution in [0.25, 0.3) is 0 Å². The Kier molecular flexibility index (Phi) is 4.83. The lowest BCUT2D eigenvalue weighted by molar-refractivity contribution is -0.130. The highest BCUT2D eigenvalue weighted by Crippen LogP contribution is 2.18. The molecule has 1 N–H and O–H groups in total. The summed E-state index contributed by atoms with van der Waals surface area (Å²) in [6, 6.07) is 8.97. The summed E-state index contributed by atoms with van der Waals surface area (Å²) in [5.41, 5.74) is 0.783. The Morgan fingerprint density at radius 3 is 2.90 bits per heavy atom. The monoisotopic (exact) mass is 273 g/mol. The molecule has 0 spiro atoms. The van der Waals surface area contributed by atoms with E-state index in [4.69, 9.17) is 4.74 Å². The minimum Gasteiger partial charge on any atom is -0.497 e. The predicted molar refractivity (Wildman–Crippen MR) is 76.4 cm³/mol. The molecule has 1 aromatic rings. The van der Waals surface area contributed by atoms with Crippen molar-refractivity contribution in [2.24, 2.45) is 0 Å². The molecular weight excluding hydrogens is 254 g/mol. The lowest BCUT2D eigenvalue weighted by Gasteiger charge is -2.18. The Labute approximate surface area is 119 Å². The highest BCUT2D eigenvalue weighted by molar-refractivity contribution is 5.78. The first-order chi connectivity index (χ1) is 9.72. The number of carbonyl (C=O) groups excluding carboxylic acids is 1. The van der Waals surface area contributed by atoms with Crippen LogP contribution in [0.2, 0.25) is 0 Å². The van der Waals surface area contributed by atoms with Crippen LogP contribution in [0.1, 0.15) is 19.3 Å². The third kappa shape index (κ3) is 3.64. The highest BCUT2D eigenvalue weighted by Gasteiger charge is 2.21. The number of carbonyl (C=O) groups is 1.